The Morgan fingerprint density at radius 3 is 2.67 bits per heavy atom. The van der Waals surface area contributed by atoms with Crippen LogP contribution in [0.2, 0.25) is 0 Å². The van der Waals surface area contributed by atoms with Crippen LogP contribution in [0.1, 0.15) is 26.2 Å². The largest absolute Gasteiger partial charge is 0.467 e. The van der Waals surface area contributed by atoms with Crippen LogP contribution in [-0.4, -0.2) is 44.0 Å². The molecule has 0 saturated carbocycles. The third-order valence-corrected chi connectivity index (χ3v) is 2.89. The van der Waals surface area contributed by atoms with Crippen LogP contribution in [0.5, 0.6) is 0 Å². The first-order valence-electron chi connectivity index (χ1n) is 6.00. The van der Waals surface area contributed by atoms with Crippen molar-refractivity contribution >= 4 is 17.7 Å². The molecule has 6 nitrogen and oxygen atoms in total. The van der Waals surface area contributed by atoms with E-state index in [9.17, 15) is 14.4 Å². The predicted octanol–water partition coefficient (Wildman–Crippen LogP) is 0.0499. The maximum absolute atomic E-state index is 11.8. The third-order valence-electron chi connectivity index (χ3n) is 2.89. The number of Topliss-reactive ketones (excluding diaryl/α,β-unsaturated/α-hetero) is 1. The van der Waals surface area contributed by atoms with Crippen molar-refractivity contribution in [3.63, 3.8) is 0 Å². The summed E-state index contributed by atoms with van der Waals surface area (Å²) in [5, 5.41) is 2.62. The van der Waals surface area contributed by atoms with E-state index in [1.165, 1.54) is 14.0 Å². The molecule has 0 bridgehead atoms. The van der Waals surface area contributed by atoms with Gasteiger partial charge in [0.15, 0.2) is 0 Å². The molecule has 1 N–H and O–H groups in total. The lowest BCUT2D eigenvalue weighted by Crippen LogP contribution is -2.44. The SMILES string of the molecule is COC(=O)[C@H](CCC(C)=O)NC(=O)[C@@H]1CCOC1. The Labute approximate surface area is 106 Å². The first-order chi connectivity index (χ1) is 8.54. The number of esters is 1. The average molecular weight is 257 g/mol. The monoisotopic (exact) mass is 257 g/mol. The number of nitrogens with one attached hydrogen (secondary N) is 1. The van der Waals surface area contributed by atoms with Crippen molar-refractivity contribution in [2.45, 2.75) is 32.2 Å². The van der Waals surface area contributed by atoms with E-state index in [0.29, 0.717) is 19.6 Å². The van der Waals surface area contributed by atoms with E-state index in [4.69, 9.17) is 4.74 Å². The number of carbonyl (C=O) groups is 3. The van der Waals surface area contributed by atoms with Crippen molar-refractivity contribution in [2.75, 3.05) is 20.3 Å². The van der Waals surface area contributed by atoms with E-state index in [1.807, 2.05) is 0 Å². The Morgan fingerprint density at radius 1 is 1.44 bits per heavy atom. The van der Waals surface area contributed by atoms with Gasteiger partial charge in [-0.2, -0.15) is 0 Å². The number of ether oxygens (including phenoxy) is 2. The zero-order valence-electron chi connectivity index (χ0n) is 10.7. The molecule has 1 fully saturated rings. The van der Waals surface area contributed by atoms with E-state index in [-0.39, 0.29) is 30.4 Å². The molecular formula is C12H19NO5. The molecular weight excluding hydrogens is 238 g/mol. The summed E-state index contributed by atoms with van der Waals surface area (Å²) in [6.45, 7) is 2.39. The van der Waals surface area contributed by atoms with E-state index >= 15 is 0 Å². The average Bonchev–Trinajstić information content (AvgIpc) is 2.86. The molecule has 6 heteroatoms. The molecule has 0 aromatic rings. The molecule has 1 saturated heterocycles. The van der Waals surface area contributed by atoms with Crippen LogP contribution in [0, 0.1) is 5.92 Å². The highest BCUT2D eigenvalue weighted by Crippen LogP contribution is 2.13. The van der Waals surface area contributed by atoms with E-state index in [0.717, 1.165) is 0 Å². The van der Waals surface area contributed by atoms with Crippen molar-refractivity contribution in [2.24, 2.45) is 5.92 Å². The van der Waals surface area contributed by atoms with Gasteiger partial charge >= 0.3 is 5.97 Å². The molecule has 0 aromatic heterocycles. The molecule has 0 unspecified atom stereocenters. The molecule has 1 heterocycles. The Hall–Kier alpha value is -1.43. The Balaban J connectivity index is 2.51. The first kappa shape index (κ1) is 14.6. The second-order valence-electron chi connectivity index (χ2n) is 4.39. The smallest absolute Gasteiger partial charge is 0.328 e. The maximum Gasteiger partial charge on any atom is 0.328 e. The number of carbonyl (C=O) groups excluding carboxylic acids is 3. The van der Waals surface area contributed by atoms with Crippen LogP contribution in [0.3, 0.4) is 0 Å². The summed E-state index contributed by atoms with van der Waals surface area (Å²) in [7, 11) is 1.26. The van der Waals surface area contributed by atoms with Gasteiger partial charge in [-0.05, 0) is 19.8 Å². The molecule has 2 atom stereocenters. The van der Waals surface area contributed by atoms with Gasteiger partial charge in [0.2, 0.25) is 5.91 Å². The molecule has 0 aromatic carbocycles. The van der Waals surface area contributed by atoms with Gasteiger partial charge in [-0.15, -0.1) is 0 Å². The zero-order chi connectivity index (χ0) is 13.5. The van der Waals surface area contributed by atoms with Crippen LogP contribution < -0.4 is 5.32 Å². The molecule has 1 aliphatic rings. The van der Waals surface area contributed by atoms with Crippen LogP contribution in [0.15, 0.2) is 0 Å². The minimum absolute atomic E-state index is 0.0256. The topological polar surface area (TPSA) is 81.7 Å². The predicted molar refractivity (Wildman–Crippen MR) is 62.8 cm³/mol. The van der Waals surface area contributed by atoms with Gasteiger partial charge in [0, 0.05) is 13.0 Å². The number of hydrogen-bond acceptors (Lipinski definition) is 5. The molecule has 1 amide bonds. The minimum Gasteiger partial charge on any atom is -0.467 e. The van der Waals surface area contributed by atoms with E-state index < -0.39 is 12.0 Å². The van der Waals surface area contributed by atoms with Gasteiger partial charge in [-0.25, -0.2) is 4.79 Å². The van der Waals surface area contributed by atoms with Crippen molar-refractivity contribution in [1.82, 2.24) is 5.32 Å². The normalized spacial score (nSPS) is 20.2. The van der Waals surface area contributed by atoms with Crippen LogP contribution >= 0.6 is 0 Å². The summed E-state index contributed by atoms with van der Waals surface area (Å²) < 4.78 is 9.73. The quantitative estimate of drug-likeness (QED) is 0.680. The summed E-state index contributed by atoms with van der Waals surface area (Å²) >= 11 is 0. The van der Waals surface area contributed by atoms with Gasteiger partial charge in [-0.3, -0.25) is 4.79 Å². The van der Waals surface area contributed by atoms with Crippen LogP contribution in [0.25, 0.3) is 0 Å². The number of hydrogen-bond donors (Lipinski definition) is 1. The highest BCUT2D eigenvalue weighted by Gasteiger charge is 2.28. The lowest BCUT2D eigenvalue weighted by Gasteiger charge is -2.17. The van der Waals surface area contributed by atoms with Crippen LogP contribution in [-0.2, 0) is 23.9 Å². The van der Waals surface area contributed by atoms with Gasteiger partial charge in [-0.1, -0.05) is 0 Å². The zero-order valence-corrected chi connectivity index (χ0v) is 10.7. The number of methoxy groups -OCH3 is 1. The molecule has 0 spiro atoms. The third kappa shape index (κ3) is 4.44. The molecule has 1 aliphatic heterocycles. The summed E-state index contributed by atoms with van der Waals surface area (Å²) in [4.78, 5) is 34.2. The Kier molecular flexibility index (Phi) is 5.77. The summed E-state index contributed by atoms with van der Waals surface area (Å²) in [6, 6.07) is -0.757. The molecule has 0 radical (unpaired) electrons. The van der Waals surface area contributed by atoms with Crippen LogP contribution in [0.4, 0.5) is 0 Å². The van der Waals surface area contributed by atoms with Crippen molar-refractivity contribution < 1.29 is 23.9 Å². The Morgan fingerprint density at radius 2 is 2.17 bits per heavy atom. The number of amides is 1. The second kappa shape index (κ2) is 7.10. The van der Waals surface area contributed by atoms with Gasteiger partial charge in [0.1, 0.15) is 11.8 Å². The summed E-state index contributed by atoms with van der Waals surface area (Å²) in [5.74, 6) is -0.980. The maximum atomic E-state index is 11.8. The fraction of sp³-hybridized carbons (Fsp3) is 0.750. The van der Waals surface area contributed by atoms with E-state index in [2.05, 4.69) is 10.1 Å². The molecule has 18 heavy (non-hydrogen) atoms. The van der Waals surface area contributed by atoms with Crippen molar-refractivity contribution in [1.29, 1.82) is 0 Å². The fourth-order valence-electron chi connectivity index (χ4n) is 1.77. The van der Waals surface area contributed by atoms with Crippen molar-refractivity contribution in [3.8, 4) is 0 Å². The van der Waals surface area contributed by atoms with E-state index in [1.54, 1.807) is 0 Å². The molecule has 0 aliphatic carbocycles. The highest BCUT2D eigenvalue weighted by atomic mass is 16.5. The minimum atomic E-state index is -0.757. The summed E-state index contributed by atoms with van der Waals surface area (Å²) in [6.07, 6.45) is 1.16. The number of ketones is 1. The highest BCUT2D eigenvalue weighted by molar-refractivity contribution is 5.86. The fourth-order valence-corrected chi connectivity index (χ4v) is 1.77. The Bertz CT molecular complexity index is 322. The van der Waals surface area contributed by atoms with Crippen molar-refractivity contribution in [3.05, 3.63) is 0 Å². The molecule has 1 rings (SSSR count). The lowest BCUT2D eigenvalue weighted by molar-refractivity contribution is -0.145. The number of rotatable bonds is 6. The summed E-state index contributed by atoms with van der Waals surface area (Å²) in [5.41, 5.74) is 0. The molecule has 102 valence electrons. The van der Waals surface area contributed by atoms with Gasteiger partial charge in [0.25, 0.3) is 0 Å². The van der Waals surface area contributed by atoms with Gasteiger partial charge in [0.05, 0.1) is 19.6 Å². The van der Waals surface area contributed by atoms with Gasteiger partial charge < -0.3 is 19.6 Å². The lowest BCUT2D eigenvalue weighted by atomic mass is 10.1. The first-order valence-corrected chi connectivity index (χ1v) is 6.00. The second-order valence-corrected chi connectivity index (χ2v) is 4.39. The standard InChI is InChI=1S/C12H19NO5/c1-8(14)3-4-10(12(16)17-2)13-11(15)9-5-6-18-7-9/h9-10H,3-7H2,1-2H3,(H,13,15)/t9-,10+/m1/s1.